The molecule has 160 valence electrons. The highest BCUT2D eigenvalue weighted by molar-refractivity contribution is 6.00. The van der Waals surface area contributed by atoms with E-state index in [0.29, 0.717) is 0 Å². The van der Waals surface area contributed by atoms with Crippen LogP contribution in [-0.4, -0.2) is 15.5 Å². The highest BCUT2D eigenvalue weighted by Crippen LogP contribution is 2.32. The second-order valence-electron chi connectivity index (χ2n) is 8.29. The van der Waals surface area contributed by atoms with Gasteiger partial charge in [0.1, 0.15) is 0 Å². The van der Waals surface area contributed by atoms with Crippen LogP contribution < -0.4 is 5.32 Å². The van der Waals surface area contributed by atoms with Gasteiger partial charge in [0.25, 0.3) is 0 Å². The monoisotopic (exact) mass is 413 g/mol. The lowest BCUT2D eigenvalue weighted by Gasteiger charge is -2.18. The first-order valence-corrected chi connectivity index (χ1v) is 11.5. The third kappa shape index (κ3) is 5.52. The van der Waals surface area contributed by atoms with Gasteiger partial charge >= 0.3 is 0 Å². The standard InChI is InChI=1S/C27H31N3O/c31-27(23-17-12-8-4-5-9-13-18-23)29-24-21-28-30-20-14-19-25(30)26(24)22-15-10-6-2-1-3-7-11-16-22/h1-3,6-7,10-11,14-16,19-21,23H,4-5,8-9,12-13,17-18H2,(H,29,31). The van der Waals surface area contributed by atoms with Gasteiger partial charge in [-0.1, -0.05) is 93.1 Å². The number of nitrogens with zero attached hydrogens (tertiary/aromatic N) is 2. The minimum Gasteiger partial charge on any atom is -0.324 e. The lowest BCUT2D eigenvalue weighted by molar-refractivity contribution is -0.120. The predicted octanol–water partition coefficient (Wildman–Crippen LogP) is 6.81. The maximum absolute atomic E-state index is 13.3. The molecule has 2 aromatic heterocycles. The fraction of sp³-hybridized carbons (Fsp3) is 0.333. The minimum atomic E-state index is 0.0792. The highest BCUT2D eigenvalue weighted by Gasteiger charge is 2.21. The summed E-state index contributed by atoms with van der Waals surface area (Å²) in [5, 5.41) is 7.77. The Balaban J connectivity index is 1.71. The number of nitrogens with one attached hydrogen (secondary N) is 1. The molecule has 1 fully saturated rings. The average molecular weight is 414 g/mol. The summed E-state index contributed by atoms with van der Waals surface area (Å²) in [7, 11) is 0. The average Bonchev–Trinajstić information content (AvgIpc) is 3.30. The molecule has 1 aliphatic rings. The van der Waals surface area contributed by atoms with Gasteiger partial charge in [-0.3, -0.25) is 4.79 Å². The first-order chi connectivity index (χ1) is 15.3. The van der Waals surface area contributed by atoms with Crippen molar-refractivity contribution in [2.45, 2.75) is 51.4 Å². The largest absolute Gasteiger partial charge is 0.324 e. The van der Waals surface area contributed by atoms with Crippen LogP contribution in [-0.2, 0) is 4.79 Å². The summed E-state index contributed by atoms with van der Waals surface area (Å²) in [5.74, 6) is 0.208. The van der Waals surface area contributed by atoms with E-state index < -0.39 is 0 Å². The zero-order valence-electron chi connectivity index (χ0n) is 18.0. The van der Waals surface area contributed by atoms with Gasteiger partial charge in [-0.25, -0.2) is 4.52 Å². The van der Waals surface area contributed by atoms with Crippen molar-refractivity contribution in [1.82, 2.24) is 9.61 Å². The summed E-state index contributed by atoms with van der Waals surface area (Å²) in [4.78, 5) is 13.3. The SMILES string of the molecule is O=C(Nc1cnn2cccc2c1-c1ccccccccc1)C1CCCCCCCC1. The van der Waals surface area contributed by atoms with Crippen LogP contribution in [0.5, 0.6) is 0 Å². The molecule has 2 heterocycles. The molecule has 0 atom stereocenters. The Morgan fingerprint density at radius 2 is 1.42 bits per heavy atom. The van der Waals surface area contributed by atoms with Gasteiger partial charge in [-0.2, -0.15) is 5.10 Å². The quantitative estimate of drug-likeness (QED) is 0.512. The molecule has 0 aliphatic heterocycles. The van der Waals surface area contributed by atoms with Crippen molar-refractivity contribution in [3.05, 3.63) is 79.1 Å². The third-order valence-corrected chi connectivity index (χ3v) is 6.06. The second-order valence-corrected chi connectivity index (χ2v) is 8.29. The van der Waals surface area contributed by atoms with Crippen molar-refractivity contribution < 1.29 is 4.79 Å². The first kappa shape index (κ1) is 21.1. The van der Waals surface area contributed by atoms with E-state index in [1.165, 1.54) is 25.7 Å². The van der Waals surface area contributed by atoms with Gasteiger partial charge in [-0.15, -0.1) is 0 Å². The van der Waals surface area contributed by atoms with Gasteiger partial charge < -0.3 is 5.32 Å². The van der Waals surface area contributed by atoms with Crippen LogP contribution in [0, 0.1) is 5.92 Å². The van der Waals surface area contributed by atoms with E-state index in [4.69, 9.17) is 0 Å². The molecule has 1 amide bonds. The molecule has 1 aromatic carbocycles. The predicted molar refractivity (Wildman–Crippen MR) is 127 cm³/mol. The third-order valence-electron chi connectivity index (χ3n) is 6.06. The number of carbonyl (C=O) groups is 1. The number of aromatic nitrogens is 2. The number of fused-ring (bicyclic) bond motifs is 1. The van der Waals surface area contributed by atoms with Crippen LogP contribution in [0.25, 0.3) is 16.6 Å². The lowest BCUT2D eigenvalue weighted by atomic mass is 9.95. The minimum absolute atomic E-state index is 0.0792. The topological polar surface area (TPSA) is 46.4 Å². The molecule has 3 aromatic rings. The Kier molecular flexibility index (Phi) is 7.32. The van der Waals surface area contributed by atoms with Crippen molar-refractivity contribution >= 4 is 17.1 Å². The van der Waals surface area contributed by atoms with Gasteiger partial charge in [0, 0.05) is 17.7 Å². The number of rotatable bonds is 3. The van der Waals surface area contributed by atoms with Crippen molar-refractivity contribution in [3.8, 4) is 11.1 Å². The molecule has 4 heteroatoms. The molecular weight excluding hydrogens is 382 g/mol. The van der Waals surface area contributed by atoms with E-state index in [-0.39, 0.29) is 11.8 Å². The molecule has 1 N–H and O–H groups in total. The summed E-state index contributed by atoms with van der Waals surface area (Å²) in [6.45, 7) is 0. The van der Waals surface area contributed by atoms with Crippen LogP contribution in [0.15, 0.2) is 79.1 Å². The molecule has 1 saturated carbocycles. The lowest BCUT2D eigenvalue weighted by Crippen LogP contribution is -2.23. The molecule has 0 bridgehead atoms. The smallest absolute Gasteiger partial charge is 0.227 e. The summed E-state index contributed by atoms with van der Waals surface area (Å²) in [6.07, 6.45) is 13.0. The molecule has 0 radical (unpaired) electrons. The molecule has 4 nitrogen and oxygen atoms in total. The fourth-order valence-corrected chi connectivity index (χ4v) is 4.38. The molecule has 0 unspecified atom stereocenters. The number of anilines is 1. The summed E-state index contributed by atoms with van der Waals surface area (Å²) >= 11 is 0. The summed E-state index contributed by atoms with van der Waals surface area (Å²) < 4.78 is 1.86. The molecular formula is C27H31N3O. The van der Waals surface area contributed by atoms with Crippen LogP contribution in [0.3, 0.4) is 0 Å². The van der Waals surface area contributed by atoms with Gasteiger partial charge in [0.2, 0.25) is 5.91 Å². The number of amides is 1. The van der Waals surface area contributed by atoms with Crippen LogP contribution in [0.1, 0.15) is 51.4 Å². The Bertz CT molecular complexity index is 1040. The molecule has 1 aliphatic carbocycles. The molecule has 0 saturated heterocycles. The summed E-state index contributed by atoms with van der Waals surface area (Å²) in [6, 6.07) is 22.3. The van der Waals surface area contributed by atoms with E-state index in [1.807, 2.05) is 65.3 Å². The van der Waals surface area contributed by atoms with Crippen molar-refractivity contribution in [3.63, 3.8) is 0 Å². The van der Waals surface area contributed by atoms with E-state index in [0.717, 1.165) is 48.0 Å². The summed E-state index contributed by atoms with van der Waals surface area (Å²) in [5.41, 5.74) is 3.78. The fourth-order valence-electron chi connectivity index (χ4n) is 4.38. The van der Waals surface area contributed by atoms with Crippen molar-refractivity contribution in [1.29, 1.82) is 0 Å². The van der Waals surface area contributed by atoms with Gasteiger partial charge in [-0.05, 0) is 30.5 Å². The molecule has 0 spiro atoms. The van der Waals surface area contributed by atoms with Crippen molar-refractivity contribution in [2.75, 3.05) is 5.32 Å². The Hall–Kier alpha value is -3.14. The number of carbonyl (C=O) groups excluding carboxylic acids is 1. The second kappa shape index (κ2) is 10.8. The van der Waals surface area contributed by atoms with Gasteiger partial charge in [0.15, 0.2) is 0 Å². The van der Waals surface area contributed by atoms with E-state index in [1.54, 1.807) is 6.20 Å². The highest BCUT2D eigenvalue weighted by atomic mass is 16.1. The Morgan fingerprint density at radius 3 is 2.10 bits per heavy atom. The van der Waals surface area contributed by atoms with Gasteiger partial charge in [0.05, 0.1) is 17.4 Å². The van der Waals surface area contributed by atoms with E-state index >= 15 is 0 Å². The van der Waals surface area contributed by atoms with Crippen LogP contribution >= 0.6 is 0 Å². The molecule has 4 rings (SSSR count). The zero-order chi connectivity index (χ0) is 21.3. The maximum Gasteiger partial charge on any atom is 0.227 e. The van der Waals surface area contributed by atoms with E-state index in [9.17, 15) is 4.79 Å². The Morgan fingerprint density at radius 1 is 0.806 bits per heavy atom. The van der Waals surface area contributed by atoms with E-state index in [2.05, 4.69) is 22.5 Å². The van der Waals surface area contributed by atoms with Crippen LogP contribution in [0.4, 0.5) is 5.69 Å². The van der Waals surface area contributed by atoms with Crippen molar-refractivity contribution in [2.24, 2.45) is 5.92 Å². The normalized spacial score (nSPS) is 15.4. The van der Waals surface area contributed by atoms with Crippen LogP contribution in [0.2, 0.25) is 0 Å². The first-order valence-electron chi connectivity index (χ1n) is 11.5. The Labute approximate surface area is 184 Å². The number of hydrogen-bond donors (Lipinski definition) is 1. The maximum atomic E-state index is 13.3. The zero-order valence-corrected chi connectivity index (χ0v) is 18.0. The molecule has 31 heavy (non-hydrogen) atoms. The number of hydrogen-bond acceptors (Lipinski definition) is 2.